The van der Waals surface area contributed by atoms with Crippen LogP contribution in [0.15, 0.2) is 57.6 Å². The molecule has 8 heteroatoms. The minimum atomic E-state index is -0.585. The van der Waals surface area contributed by atoms with E-state index < -0.39 is 12.0 Å². The van der Waals surface area contributed by atoms with Crippen molar-refractivity contribution in [1.29, 1.82) is 0 Å². The second-order valence-corrected chi connectivity index (χ2v) is 8.25. The van der Waals surface area contributed by atoms with Crippen molar-refractivity contribution in [3.8, 4) is 0 Å². The molecule has 0 unspecified atom stereocenters. The lowest BCUT2D eigenvalue weighted by Gasteiger charge is -2.24. The zero-order valence-corrected chi connectivity index (χ0v) is 18.8. The van der Waals surface area contributed by atoms with E-state index in [1.54, 1.807) is 18.4 Å². The van der Waals surface area contributed by atoms with Crippen LogP contribution in [-0.2, 0) is 16.1 Å². The number of carbonyl (C=O) groups excluding carboxylic acids is 1. The molecule has 0 fully saturated rings. The van der Waals surface area contributed by atoms with Crippen molar-refractivity contribution >= 4 is 23.4 Å². The minimum absolute atomic E-state index is 0.185. The maximum Gasteiger partial charge on any atom is 0.338 e. The van der Waals surface area contributed by atoms with Crippen molar-refractivity contribution in [3.63, 3.8) is 0 Å². The molecule has 7 nitrogen and oxygen atoms in total. The van der Waals surface area contributed by atoms with E-state index in [2.05, 4.69) is 10.1 Å². The van der Waals surface area contributed by atoms with Gasteiger partial charge < -0.3 is 4.74 Å². The third-order valence-electron chi connectivity index (χ3n) is 5.23. The first-order chi connectivity index (χ1) is 14.9. The molecule has 0 saturated heterocycles. The van der Waals surface area contributed by atoms with Crippen LogP contribution in [0.5, 0.6) is 0 Å². The summed E-state index contributed by atoms with van der Waals surface area (Å²) in [7, 11) is 0. The van der Waals surface area contributed by atoms with E-state index in [0.29, 0.717) is 20.6 Å². The van der Waals surface area contributed by atoms with Gasteiger partial charge in [-0.25, -0.2) is 9.79 Å². The van der Waals surface area contributed by atoms with Crippen LogP contribution in [0.1, 0.15) is 43.6 Å². The zero-order valence-electron chi connectivity index (χ0n) is 18.0. The number of aromatic nitrogens is 3. The molecule has 0 radical (unpaired) electrons. The fourth-order valence-corrected chi connectivity index (χ4v) is 4.76. The topological polar surface area (TPSA) is 78.5 Å². The van der Waals surface area contributed by atoms with E-state index in [1.165, 1.54) is 11.3 Å². The fourth-order valence-electron chi connectivity index (χ4n) is 3.72. The molecule has 0 aliphatic carbocycles. The molecule has 1 atom stereocenters. The summed E-state index contributed by atoms with van der Waals surface area (Å²) in [6.45, 7) is 8.50. The van der Waals surface area contributed by atoms with Gasteiger partial charge in [0.25, 0.3) is 5.56 Å². The highest BCUT2D eigenvalue weighted by Gasteiger charge is 2.33. The highest BCUT2D eigenvalue weighted by atomic mass is 32.1. The predicted molar refractivity (Wildman–Crippen MR) is 119 cm³/mol. The molecule has 1 aliphatic heterocycles. The van der Waals surface area contributed by atoms with Crippen molar-refractivity contribution in [1.82, 2.24) is 14.3 Å². The molecule has 3 aromatic rings. The molecule has 4 rings (SSSR count). The Balaban J connectivity index is 1.95. The lowest BCUT2D eigenvalue weighted by molar-refractivity contribution is -0.139. The Morgan fingerprint density at radius 2 is 1.97 bits per heavy atom. The van der Waals surface area contributed by atoms with Gasteiger partial charge in [-0.3, -0.25) is 14.0 Å². The molecule has 1 aromatic carbocycles. The molecule has 0 saturated carbocycles. The highest BCUT2D eigenvalue weighted by Crippen LogP contribution is 2.30. The number of thiazole rings is 1. The average molecular weight is 437 g/mol. The minimum Gasteiger partial charge on any atom is -0.463 e. The van der Waals surface area contributed by atoms with Crippen molar-refractivity contribution < 1.29 is 9.53 Å². The van der Waals surface area contributed by atoms with E-state index in [0.717, 1.165) is 23.4 Å². The average Bonchev–Trinajstić information content (AvgIpc) is 3.27. The molecule has 1 aliphatic rings. The summed E-state index contributed by atoms with van der Waals surface area (Å²) < 4.78 is 9.30. The number of rotatable bonds is 5. The maximum atomic E-state index is 13.5. The maximum absolute atomic E-state index is 13.5. The Morgan fingerprint density at radius 3 is 2.61 bits per heavy atom. The molecule has 0 bridgehead atoms. The van der Waals surface area contributed by atoms with Gasteiger partial charge in [-0.05, 0) is 39.3 Å². The molecule has 2 aromatic heterocycles. The third-order valence-corrected chi connectivity index (χ3v) is 6.21. The predicted octanol–water partition coefficient (Wildman–Crippen LogP) is 2.32. The van der Waals surface area contributed by atoms with Crippen molar-refractivity contribution in [2.75, 3.05) is 6.61 Å². The van der Waals surface area contributed by atoms with E-state index in [1.807, 2.05) is 61.1 Å². The number of ether oxygens (including phenoxy) is 1. The first-order valence-corrected chi connectivity index (χ1v) is 11.0. The number of nitrogens with zero attached hydrogens (tertiary/aromatic N) is 4. The van der Waals surface area contributed by atoms with Gasteiger partial charge in [0.05, 0.1) is 34.1 Å². The normalized spacial score (nSPS) is 16.3. The number of benzene rings is 1. The fraction of sp³-hybridized carbons (Fsp3) is 0.304. The Labute approximate surface area is 183 Å². The highest BCUT2D eigenvalue weighted by molar-refractivity contribution is 7.07. The van der Waals surface area contributed by atoms with Gasteiger partial charge in [-0.15, -0.1) is 0 Å². The Kier molecular flexibility index (Phi) is 5.73. The van der Waals surface area contributed by atoms with Crippen LogP contribution in [0.25, 0.3) is 6.08 Å². The van der Waals surface area contributed by atoms with Crippen LogP contribution in [-0.4, -0.2) is 26.9 Å². The number of hydrogen-bond donors (Lipinski definition) is 0. The van der Waals surface area contributed by atoms with Crippen LogP contribution in [0.2, 0.25) is 0 Å². The van der Waals surface area contributed by atoms with Crippen LogP contribution in [0.3, 0.4) is 0 Å². The lowest BCUT2D eigenvalue weighted by Crippen LogP contribution is -2.39. The molecule has 0 N–H and O–H groups in total. The summed E-state index contributed by atoms with van der Waals surface area (Å²) in [6.07, 6.45) is 3.78. The van der Waals surface area contributed by atoms with Gasteiger partial charge >= 0.3 is 5.97 Å². The summed E-state index contributed by atoms with van der Waals surface area (Å²) in [5, 5.41) is 4.46. The van der Waals surface area contributed by atoms with Crippen molar-refractivity contribution in [2.24, 2.45) is 4.99 Å². The second-order valence-electron chi connectivity index (χ2n) is 7.24. The van der Waals surface area contributed by atoms with E-state index in [-0.39, 0.29) is 12.2 Å². The molecular formula is C23H24N4O3S. The van der Waals surface area contributed by atoms with E-state index >= 15 is 0 Å². The summed E-state index contributed by atoms with van der Waals surface area (Å²) in [6, 6.07) is 8.93. The molecule has 160 valence electrons. The van der Waals surface area contributed by atoms with Gasteiger partial charge in [0, 0.05) is 18.3 Å². The quantitative estimate of drug-likeness (QED) is 0.575. The van der Waals surface area contributed by atoms with E-state index in [9.17, 15) is 9.59 Å². The van der Waals surface area contributed by atoms with Crippen molar-refractivity contribution in [2.45, 2.75) is 40.3 Å². The number of fused-ring (bicyclic) bond motifs is 1. The van der Waals surface area contributed by atoms with Crippen LogP contribution < -0.4 is 14.9 Å². The summed E-state index contributed by atoms with van der Waals surface area (Å²) >= 11 is 1.32. The molecule has 31 heavy (non-hydrogen) atoms. The largest absolute Gasteiger partial charge is 0.463 e. The van der Waals surface area contributed by atoms with Crippen molar-refractivity contribution in [3.05, 3.63) is 84.3 Å². The SMILES string of the molecule is CCOC(=O)C1=C(C)N=c2sc(=Cc3cn(CC)nc3C)c(=O)n2[C@H]1c1ccccc1. The van der Waals surface area contributed by atoms with Crippen LogP contribution in [0, 0.1) is 6.92 Å². The van der Waals surface area contributed by atoms with Gasteiger partial charge in [0.15, 0.2) is 4.80 Å². The summed E-state index contributed by atoms with van der Waals surface area (Å²) in [5.74, 6) is -0.452. The molecule has 3 heterocycles. The number of hydrogen-bond acceptors (Lipinski definition) is 6. The first kappa shape index (κ1) is 21.0. The monoisotopic (exact) mass is 436 g/mol. The number of allylic oxidation sites excluding steroid dienone is 1. The van der Waals surface area contributed by atoms with Gasteiger partial charge in [-0.2, -0.15) is 5.10 Å². The standard InChI is InChI=1S/C23H24N4O3S/c1-5-26-13-17(14(3)25-26)12-18-21(28)27-20(16-10-8-7-9-11-16)19(22(29)30-6-2)15(4)24-23(27)31-18/h7-13,20H,5-6H2,1-4H3/t20-/m0/s1. The smallest absolute Gasteiger partial charge is 0.338 e. The van der Waals surface area contributed by atoms with Crippen LogP contribution >= 0.6 is 11.3 Å². The Bertz CT molecular complexity index is 1350. The Hall–Kier alpha value is -3.26. The van der Waals surface area contributed by atoms with E-state index in [4.69, 9.17) is 4.74 Å². The second kappa shape index (κ2) is 8.47. The number of esters is 1. The van der Waals surface area contributed by atoms with Crippen LogP contribution in [0.4, 0.5) is 0 Å². The zero-order chi connectivity index (χ0) is 22.1. The van der Waals surface area contributed by atoms with Gasteiger partial charge in [0.1, 0.15) is 0 Å². The number of aryl methyl sites for hydroxylation is 2. The Morgan fingerprint density at radius 1 is 1.23 bits per heavy atom. The molecular weight excluding hydrogens is 412 g/mol. The first-order valence-electron chi connectivity index (χ1n) is 10.2. The number of carbonyl (C=O) groups is 1. The summed E-state index contributed by atoms with van der Waals surface area (Å²) in [5.41, 5.74) is 3.36. The molecule has 0 spiro atoms. The van der Waals surface area contributed by atoms with Gasteiger partial charge in [0.2, 0.25) is 0 Å². The molecule has 0 amide bonds. The summed E-state index contributed by atoms with van der Waals surface area (Å²) in [4.78, 5) is 31.5. The van der Waals surface area contributed by atoms with Gasteiger partial charge in [-0.1, -0.05) is 41.7 Å². The third kappa shape index (κ3) is 3.79. The lowest BCUT2D eigenvalue weighted by atomic mass is 9.96.